The second-order valence-electron chi connectivity index (χ2n) is 8.06. The number of amides is 1. The van der Waals surface area contributed by atoms with Gasteiger partial charge >= 0.3 is 0 Å². The van der Waals surface area contributed by atoms with Gasteiger partial charge < -0.3 is 9.74 Å². The monoisotopic (exact) mass is 416 g/mol. The molecule has 3 aromatic rings. The molecule has 1 N–H and O–H groups in total. The number of hydrogen-bond donors (Lipinski definition) is 1. The van der Waals surface area contributed by atoms with Crippen molar-refractivity contribution in [3.05, 3.63) is 88.7 Å². The van der Waals surface area contributed by atoms with Crippen LogP contribution in [0.15, 0.2) is 65.8 Å². The first-order chi connectivity index (χ1) is 15.0. The second-order valence-corrected chi connectivity index (χ2v) is 8.06. The predicted molar refractivity (Wildman–Crippen MR) is 121 cm³/mol. The molecular weight excluding hydrogens is 388 g/mol. The van der Waals surface area contributed by atoms with Crippen molar-refractivity contribution in [2.24, 2.45) is 5.16 Å². The minimum Gasteiger partial charge on any atom is -0.382 e. The van der Waals surface area contributed by atoms with Crippen molar-refractivity contribution in [3.8, 4) is 0 Å². The first-order valence-corrected chi connectivity index (χ1v) is 10.6. The molecule has 0 fully saturated rings. The Morgan fingerprint density at radius 2 is 1.71 bits per heavy atom. The summed E-state index contributed by atoms with van der Waals surface area (Å²) < 4.78 is 0. The van der Waals surface area contributed by atoms with E-state index in [1.807, 2.05) is 57.3 Å². The smallest absolute Gasteiger partial charge is 0.266 e. The molecule has 0 saturated heterocycles. The maximum Gasteiger partial charge on any atom is 0.266 e. The zero-order valence-electron chi connectivity index (χ0n) is 18.2. The molecule has 1 aliphatic heterocycles. The molecule has 4 rings (SSSR count). The van der Waals surface area contributed by atoms with Crippen LogP contribution in [0.3, 0.4) is 0 Å². The van der Waals surface area contributed by atoms with Gasteiger partial charge in [0, 0.05) is 25.7 Å². The minimum atomic E-state index is -0.582. The van der Waals surface area contributed by atoms with E-state index in [2.05, 4.69) is 39.6 Å². The zero-order valence-corrected chi connectivity index (χ0v) is 18.2. The molecule has 0 saturated carbocycles. The van der Waals surface area contributed by atoms with E-state index in [0.717, 1.165) is 40.2 Å². The van der Waals surface area contributed by atoms with Crippen LogP contribution in [0.1, 0.15) is 40.4 Å². The molecule has 0 bridgehead atoms. The molecule has 1 aromatic heterocycles. The number of aryl methyl sites for hydroxylation is 2. The lowest BCUT2D eigenvalue weighted by Gasteiger charge is -2.21. The van der Waals surface area contributed by atoms with Crippen molar-refractivity contribution in [2.75, 3.05) is 13.6 Å². The van der Waals surface area contributed by atoms with Crippen LogP contribution in [-0.4, -0.2) is 46.4 Å². The van der Waals surface area contributed by atoms with Crippen LogP contribution in [0, 0.1) is 13.8 Å². The standard InChI is InChI=1S/C25H28N4O2/c1-17-21(18(2)27-26-17)14-15-29(3)25(30)23-16-22(28-31-23)24(19-10-6-4-7-11-19)20-12-8-5-9-13-20/h4-13,23-24H,14-16H2,1-3H3,(H,26,27)/t23-/m0/s1. The Balaban J connectivity index is 1.44. The maximum atomic E-state index is 13.0. The van der Waals surface area contributed by atoms with Crippen molar-refractivity contribution in [1.29, 1.82) is 0 Å². The fourth-order valence-electron chi connectivity index (χ4n) is 4.14. The van der Waals surface area contributed by atoms with Gasteiger partial charge in [0.25, 0.3) is 5.91 Å². The lowest BCUT2D eigenvalue weighted by atomic mass is 9.85. The van der Waals surface area contributed by atoms with Gasteiger partial charge in [-0.2, -0.15) is 5.10 Å². The van der Waals surface area contributed by atoms with Gasteiger partial charge in [0.1, 0.15) is 0 Å². The molecule has 1 aliphatic rings. The fourth-order valence-corrected chi connectivity index (χ4v) is 4.14. The van der Waals surface area contributed by atoms with Crippen LogP contribution in [-0.2, 0) is 16.1 Å². The molecule has 1 atom stereocenters. The molecule has 0 spiro atoms. The van der Waals surface area contributed by atoms with Gasteiger partial charge in [-0.15, -0.1) is 0 Å². The summed E-state index contributed by atoms with van der Waals surface area (Å²) in [5.74, 6) is -0.0702. The van der Waals surface area contributed by atoms with Crippen molar-refractivity contribution in [2.45, 2.75) is 38.7 Å². The Kier molecular flexibility index (Phi) is 6.16. The van der Waals surface area contributed by atoms with Crippen molar-refractivity contribution >= 4 is 11.6 Å². The Hall–Kier alpha value is -3.41. The van der Waals surface area contributed by atoms with E-state index in [1.165, 1.54) is 0 Å². The van der Waals surface area contributed by atoms with Crippen molar-refractivity contribution in [1.82, 2.24) is 15.1 Å². The summed E-state index contributed by atoms with van der Waals surface area (Å²) in [5, 5.41) is 11.6. The number of oxime groups is 1. The lowest BCUT2D eigenvalue weighted by molar-refractivity contribution is -0.140. The highest BCUT2D eigenvalue weighted by Gasteiger charge is 2.35. The van der Waals surface area contributed by atoms with E-state index in [-0.39, 0.29) is 11.8 Å². The summed E-state index contributed by atoms with van der Waals surface area (Å²) in [5.41, 5.74) is 6.36. The fraction of sp³-hybridized carbons (Fsp3) is 0.320. The second kappa shape index (κ2) is 9.16. The summed E-state index contributed by atoms with van der Waals surface area (Å²) in [7, 11) is 1.82. The number of nitrogens with one attached hydrogen (secondary N) is 1. The Morgan fingerprint density at radius 1 is 1.10 bits per heavy atom. The summed E-state index contributed by atoms with van der Waals surface area (Å²) in [4.78, 5) is 20.4. The Morgan fingerprint density at radius 3 is 2.26 bits per heavy atom. The number of nitrogens with zero attached hydrogens (tertiary/aromatic N) is 3. The van der Waals surface area contributed by atoms with Crippen molar-refractivity contribution in [3.63, 3.8) is 0 Å². The normalized spacial score (nSPS) is 15.6. The summed E-state index contributed by atoms with van der Waals surface area (Å²) >= 11 is 0. The summed E-state index contributed by atoms with van der Waals surface area (Å²) in [6, 6.07) is 20.5. The van der Waals surface area contributed by atoms with Crippen LogP contribution in [0.4, 0.5) is 0 Å². The number of likely N-dealkylation sites (N-methyl/N-ethyl adjacent to an activating group) is 1. The number of rotatable bonds is 7. The molecule has 0 unspecified atom stereocenters. The topological polar surface area (TPSA) is 70.6 Å². The first-order valence-electron chi connectivity index (χ1n) is 10.6. The van der Waals surface area contributed by atoms with Gasteiger partial charge in [0.05, 0.1) is 17.3 Å². The van der Waals surface area contributed by atoms with Crippen LogP contribution >= 0.6 is 0 Å². The van der Waals surface area contributed by atoms with Gasteiger partial charge in [0.2, 0.25) is 6.10 Å². The molecule has 1 amide bonds. The number of carbonyl (C=O) groups excluding carboxylic acids is 1. The lowest BCUT2D eigenvalue weighted by Crippen LogP contribution is -2.38. The third-order valence-electron chi connectivity index (χ3n) is 5.92. The summed E-state index contributed by atoms with van der Waals surface area (Å²) in [6.07, 6.45) is 0.663. The molecule has 0 aliphatic carbocycles. The highest BCUT2D eigenvalue weighted by molar-refractivity contribution is 5.98. The van der Waals surface area contributed by atoms with Crippen LogP contribution in [0.5, 0.6) is 0 Å². The van der Waals surface area contributed by atoms with E-state index in [9.17, 15) is 4.79 Å². The van der Waals surface area contributed by atoms with E-state index >= 15 is 0 Å². The van der Waals surface area contributed by atoms with Crippen molar-refractivity contribution < 1.29 is 9.63 Å². The van der Waals surface area contributed by atoms with Gasteiger partial charge in [-0.25, -0.2) is 0 Å². The molecule has 2 aromatic carbocycles. The van der Waals surface area contributed by atoms with Gasteiger partial charge in [-0.3, -0.25) is 9.89 Å². The highest BCUT2D eigenvalue weighted by Crippen LogP contribution is 2.31. The van der Waals surface area contributed by atoms with Gasteiger partial charge in [0.15, 0.2) is 0 Å². The zero-order chi connectivity index (χ0) is 21.8. The number of carbonyl (C=O) groups is 1. The average Bonchev–Trinajstić information content (AvgIpc) is 3.40. The first kappa shape index (κ1) is 20.8. The molecule has 2 heterocycles. The maximum absolute atomic E-state index is 13.0. The Labute approximate surface area is 182 Å². The third kappa shape index (κ3) is 4.53. The molecule has 6 heteroatoms. The number of aromatic nitrogens is 2. The largest absolute Gasteiger partial charge is 0.382 e. The number of aromatic amines is 1. The summed E-state index contributed by atoms with van der Waals surface area (Å²) in [6.45, 7) is 4.59. The van der Waals surface area contributed by atoms with Crippen LogP contribution in [0.2, 0.25) is 0 Å². The van der Waals surface area contributed by atoms with Gasteiger partial charge in [-0.1, -0.05) is 65.8 Å². The number of hydrogen-bond acceptors (Lipinski definition) is 4. The average molecular weight is 417 g/mol. The molecule has 31 heavy (non-hydrogen) atoms. The molecule has 160 valence electrons. The minimum absolute atomic E-state index is 0.0262. The molecular formula is C25H28N4O2. The quantitative estimate of drug-likeness (QED) is 0.633. The van der Waals surface area contributed by atoms with E-state index in [4.69, 9.17) is 4.84 Å². The third-order valence-corrected chi connectivity index (χ3v) is 5.92. The number of benzene rings is 2. The Bertz CT molecular complexity index is 1000. The van der Waals surface area contributed by atoms with Crippen LogP contribution in [0.25, 0.3) is 0 Å². The van der Waals surface area contributed by atoms with E-state index in [0.29, 0.717) is 13.0 Å². The SMILES string of the molecule is Cc1n[nH]c(C)c1CCN(C)C(=O)[C@@H]1CC(C(c2ccccc2)c2ccccc2)=NO1. The molecule has 0 radical (unpaired) electrons. The highest BCUT2D eigenvalue weighted by atomic mass is 16.6. The van der Waals surface area contributed by atoms with Gasteiger partial charge in [-0.05, 0) is 37.0 Å². The molecule has 6 nitrogen and oxygen atoms in total. The van der Waals surface area contributed by atoms with E-state index in [1.54, 1.807) is 4.90 Å². The predicted octanol–water partition coefficient (Wildman–Crippen LogP) is 4.00. The van der Waals surface area contributed by atoms with Crippen LogP contribution < -0.4 is 0 Å². The number of H-pyrrole nitrogens is 1. The van der Waals surface area contributed by atoms with E-state index < -0.39 is 6.10 Å².